The van der Waals surface area contributed by atoms with Crippen molar-refractivity contribution in [2.75, 3.05) is 20.8 Å². The van der Waals surface area contributed by atoms with Gasteiger partial charge in [-0.3, -0.25) is 9.59 Å². The molecule has 1 atom stereocenters. The van der Waals surface area contributed by atoms with Gasteiger partial charge in [-0.1, -0.05) is 26.2 Å². The number of methoxy groups -OCH3 is 2. The molecule has 37 heavy (non-hydrogen) atoms. The number of phenolic OH excluding ortho intramolecular Hbond substituents is 2. The Labute approximate surface area is 215 Å². The lowest BCUT2D eigenvalue weighted by molar-refractivity contribution is -0.142. The summed E-state index contributed by atoms with van der Waals surface area (Å²) in [6, 6.07) is 5.96. The number of benzene rings is 2. The van der Waals surface area contributed by atoms with Gasteiger partial charge in [0.05, 0.1) is 20.8 Å². The van der Waals surface area contributed by atoms with Gasteiger partial charge in [0.15, 0.2) is 17.3 Å². The van der Waals surface area contributed by atoms with E-state index >= 15 is 0 Å². The van der Waals surface area contributed by atoms with Crippen LogP contribution < -0.4 is 14.9 Å². The first-order valence-electron chi connectivity index (χ1n) is 12.3. The molecule has 200 valence electrons. The number of aromatic hydroxyl groups is 3. The number of esters is 1. The molecule has 0 spiro atoms. The normalized spacial score (nSPS) is 11.9. The molecule has 0 fully saturated rings. The molecule has 3 aromatic rings. The maximum Gasteiger partial charge on any atom is 0.302 e. The van der Waals surface area contributed by atoms with Crippen LogP contribution in [0.1, 0.15) is 51.5 Å². The number of carbonyl (C=O) groups excluding carboxylic acids is 1. The van der Waals surface area contributed by atoms with Gasteiger partial charge in [-0.25, -0.2) is 0 Å². The summed E-state index contributed by atoms with van der Waals surface area (Å²) in [6.45, 7) is 3.90. The van der Waals surface area contributed by atoms with Gasteiger partial charge < -0.3 is 33.9 Å². The van der Waals surface area contributed by atoms with Gasteiger partial charge in [-0.15, -0.1) is 0 Å². The summed E-state index contributed by atoms with van der Waals surface area (Å²) >= 11 is 0. The molecule has 0 saturated heterocycles. The molecule has 0 unspecified atom stereocenters. The Kier molecular flexibility index (Phi) is 9.27. The molecule has 3 rings (SSSR count). The second-order valence-corrected chi connectivity index (χ2v) is 9.15. The first-order chi connectivity index (χ1) is 17.7. The van der Waals surface area contributed by atoms with Crippen molar-refractivity contribution in [3.8, 4) is 40.1 Å². The highest BCUT2D eigenvalue weighted by atomic mass is 16.5. The number of carbonyl (C=O) groups is 1. The van der Waals surface area contributed by atoms with Crippen LogP contribution in [0.2, 0.25) is 0 Å². The molecule has 0 bridgehead atoms. The number of ether oxygens (including phenoxy) is 3. The lowest BCUT2D eigenvalue weighted by atomic mass is 9.99. The number of aryl methyl sites for hydroxylation is 1. The molecular weight excluding hydrogens is 480 g/mol. The van der Waals surface area contributed by atoms with E-state index in [-0.39, 0.29) is 45.7 Å². The molecule has 0 aliphatic heterocycles. The quantitative estimate of drug-likeness (QED) is 0.218. The molecule has 0 aliphatic carbocycles. The van der Waals surface area contributed by atoms with Crippen LogP contribution in [0.4, 0.5) is 0 Å². The van der Waals surface area contributed by atoms with Crippen LogP contribution in [0, 0.1) is 5.92 Å². The molecule has 9 heteroatoms. The van der Waals surface area contributed by atoms with E-state index in [4.69, 9.17) is 18.6 Å². The highest BCUT2D eigenvalue weighted by Gasteiger charge is 2.24. The summed E-state index contributed by atoms with van der Waals surface area (Å²) in [5.41, 5.74) is 0.366. The van der Waals surface area contributed by atoms with Crippen molar-refractivity contribution in [2.45, 2.75) is 52.4 Å². The van der Waals surface area contributed by atoms with Gasteiger partial charge in [0.25, 0.3) is 0 Å². The maximum atomic E-state index is 13.0. The predicted octanol–water partition coefficient (Wildman–Crippen LogP) is 5.29. The average molecular weight is 515 g/mol. The molecule has 0 aliphatic rings. The molecule has 3 N–H and O–H groups in total. The highest BCUT2D eigenvalue weighted by Crippen LogP contribution is 2.44. The average Bonchev–Trinajstić information content (AvgIpc) is 2.87. The smallest absolute Gasteiger partial charge is 0.302 e. The summed E-state index contributed by atoms with van der Waals surface area (Å²) in [6.07, 6.45) is 5.41. The van der Waals surface area contributed by atoms with Crippen molar-refractivity contribution in [3.05, 3.63) is 40.1 Å². The van der Waals surface area contributed by atoms with E-state index in [1.807, 2.05) is 0 Å². The van der Waals surface area contributed by atoms with Gasteiger partial charge in [0.2, 0.25) is 16.9 Å². The summed E-state index contributed by atoms with van der Waals surface area (Å²) in [5, 5.41) is 31.3. The lowest BCUT2D eigenvalue weighted by Crippen LogP contribution is -2.09. The zero-order valence-electron chi connectivity index (χ0n) is 21.6. The molecule has 0 radical (unpaired) electrons. The predicted molar refractivity (Wildman–Crippen MR) is 139 cm³/mol. The molecule has 9 nitrogen and oxygen atoms in total. The van der Waals surface area contributed by atoms with Crippen LogP contribution in [0.25, 0.3) is 22.3 Å². The van der Waals surface area contributed by atoms with Crippen molar-refractivity contribution in [2.24, 2.45) is 5.92 Å². The fraction of sp³-hybridized carbons (Fsp3) is 0.429. The first-order valence-corrected chi connectivity index (χ1v) is 12.3. The fourth-order valence-electron chi connectivity index (χ4n) is 4.30. The number of unbranched alkanes of at least 4 members (excludes halogenated alkanes) is 3. The van der Waals surface area contributed by atoms with Gasteiger partial charge in [-0.05, 0) is 48.9 Å². The third-order valence-corrected chi connectivity index (χ3v) is 6.26. The first kappa shape index (κ1) is 27.7. The monoisotopic (exact) mass is 514 g/mol. The van der Waals surface area contributed by atoms with Crippen molar-refractivity contribution in [1.29, 1.82) is 0 Å². The SMILES string of the molecule is COc1c(O)cc2oc(-c3ccc(O)c(CCCCCC[C@H](C)COC(C)=O)c3)c(O)c(=O)c2c1OC. The molecule has 0 amide bonds. The number of rotatable bonds is 12. The summed E-state index contributed by atoms with van der Waals surface area (Å²) in [7, 11) is 2.64. The van der Waals surface area contributed by atoms with E-state index < -0.39 is 11.2 Å². The zero-order valence-corrected chi connectivity index (χ0v) is 21.6. The topological polar surface area (TPSA) is 136 Å². The molecule has 0 saturated carbocycles. The van der Waals surface area contributed by atoms with Gasteiger partial charge >= 0.3 is 5.97 Å². The van der Waals surface area contributed by atoms with Gasteiger partial charge in [-0.2, -0.15) is 0 Å². The molecular formula is C28H34O9. The fourth-order valence-corrected chi connectivity index (χ4v) is 4.30. The van der Waals surface area contributed by atoms with Crippen molar-refractivity contribution < 1.29 is 38.7 Å². The summed E-state index contributed by atoms with van der Waals surface area (Å²) in [4.78, 5) is 23.9. The van der Waals surface area contributed by atoms with Gasteiger partial charge in [0, 0.05) is 18.6 Å². The minimum Gasteiger partial charge on any atom is -0.508 e. The largest absolute Gasteiger partial charge is 0.508 e. The number of fused-ring (bicyclic) bond motifs is 1. The van der Waals surface area contributed by atoms with Crippen molar-refractivity contribution in [1.82, 2.24) is 0 Å². The van der Waals surface area contributed by atoms with Crippen LogP contribution >= 0.6 is 0 Å². The van der Waals surface area contributed by atoms with Crippen LogP contribution in [0.5, 0.6) is 28.7 Å². The van der Waals surface area contributed by atoms with Gasteiger partial charge in [0.1, 0.15) is 16.7 Å². The Bertz CT molecular complexity index is 1310. The standard InChI is InChI=1S/C28H34O9/c1-16(15-36-17(2)29)9-7-5-6-8-10-18-13-19(11-12-20(18)30)26-25(33)24(32)23-22(37-26)14-21(31)27(34-3)28(23)35-4/h11-14,16,30-31,33H,5-10,15H2,1-4H3/t16-/m0/s1. The Morgan fingerprint density at radius 1 is 0.973 bits per heavy atom. The Morgan fingerprint density at radius 2 is 1.68 bits per heavy atom. The van der Waals surface area contributed by atoms with Crippen LogP contribution in [0.3, 0.4) is 0 Å². The second kappa shape index (κ2) is 12.4. The Hall–Kier alpha value is -3.88. The Balaban J connectivity index is 1.75. The summed E-state index contributed by atoms with van der Waals surface area (Å²) in [5.74, 6) is -0.880. The summed E-state index contributed by atoms with van der Waals surface area (Å²) < 4.78 is 21.2. The molecule has 1 aromatic heterocycles. The minimum absolute atomic E-state index is 0.0190. The molecule has 1 heterocycles. The van der Waals surface area contributed by atoms with Crippen molar-refractivity contribution >= 4 is 16.9 Å². The Morgan fingerprint density at radius 3 is 2.35 bits per heavy atom. The number of hydrogen-bond donors (Lipinski definition) is 3. The maximum absolute atomic E-state index is 13.0. The number of phenols is 2. The van der Waals surface area contributed by atoms with E-state index in [0.29, 0.717) is 30.1 Å². The zero-order chi connectivity index (χ0) is 27.1. The molecule has 2 aromatic carbocycles. The third-order valence-electron chi connectivity index (χ3n) is 6.26. The van der Waals surface area contributed by atoms with E-state index in [1.54, 1.807) is 12.1 Å². The second-order valence-electron chi connectivity index (χ2n) is 9.15. The van der Waals surface area contributed by atoms with Crippen molar-refractivity contribution in [3.63, 3.8) is 0 Å². The van der Waals surface area contributed by atoms with Crippen LogP contribution in [-0.2, 0) is 16.0 Å². The van der Waals surface area contributed by atoms with E-state index in [9.17, 15) is 24.9 Å². The highest BCUT2D eigenvalue weighted by molar-refractivity contribution is 5.91. The van der Waals surface area contributed by atoms with E-state index in [1.165, 1.54) is 33.3 Å². The third kappa shape index (κ3) is 6.47. The van der Waals surface area contributed by atoms with E-state index in [0.717, 1.165) is 32.1 Å². The lowest BCUT2D eigenvalue weighted by Gasteiger charge is -2.14. The van der Waals surface area contributed by atoms with E-state index in [2.05, 4.69) is 6.92 Å². The number of hydrogen-bond acceptors (Lipinski definition) is 9. The van der Waals surface area contributed by atoms with Crippen LogP contribution in [-0.4, -0.2) is 42.1 Å². The van der Waals surface area contributed by atoms with Crippen LogP contribution in [0.15, 0.2) is 33.5 Å². The minimum atomic E-state index is -0.732.